The molecule has 42 valence electrons. The van der Waals surface area contributed by atoms with Crippen LogP contribution in [0.3, 0.4) is 0 Å². The Labute approximate surface area is 47.2 Å². The Bertz CT molecular complexity index is 158. The molecule has 0 aromatic heterocycles. The fraction of sp³-hybridized carbons (Fsp3) is 0.400. The van der Waals surface area contributed by atoms with Crippen molar-refractivity contribution >= 4 is 6.29 Å². The number of aldehydes is 1. The molecule has 1 fully saturated rings. The fourth-order valence-corrected chi connectivity index (χ4v) is 1.02. The number of carbonyl (C=O) groups excluding carboxylic acids is 1. The van der Waals surface area contributed by atoms with Gasteiger partial charge in [0, 0.05) is 6.20 Å². The Balaban J connectivity index is 2.26. The van der Waals surface area contributed by atoms with Crippen LogP contribution >= 0.6 is 0 Å². The Morgan fingerprint density at radius 2 is 2.38 bits per heavy atom. The van der Waals surface area contributed by atoms with Gasteiger partial charge < -0.3 is 9.80 Å². The highest BCUT2D eigenvalue weighted by Gasteiger charge is 2.30. The topological polar surface area (TPSA) is 23.6 Å². The van der Waals surface area contributed by atoms with Gasteiger partial charge in [0.2, 0.25) is 0 Å². The van der Waals surface area contributed by atoms with Crippen LogP contribution < -0.4 is 0 Å². The van der Waals surface area contributed by atoms with E-state index in [-0.39, 0.29) is 0 Å². The van der Waals surface area contributed by atoms with Crippen LogP contribution in [-0.4, -0.2) is 29.4 Å². The minimum absolute atomic E-state index is 0.824. The van der Waals surface area contributed by atoms with Gasteiger partial charge in [-0.1, -0.05) is 0 Å². The average molecular weight is 110 g/mol. The van der Waals surface area contributed by atoms with Crippen LogP contribution in [0.5, 0.6) is 0 Å². The summed E-state index contributed by atoms with van der Waals surface area (Å²) in [5.74, 6) is 0. The van der Waals surface area contributed by atoms with Gasteiger partial charge in [0.15, 0.2) is 6.29 Å². The Hall–Kier alpha value is -0.990. The molecule has 3 heterocycles. The molecule has 0 N–H and O–H groups in total. The Morgan fingerprint density at radius 3 is 2.62 bits per heavy atom. The summed E-state index contributed by atoms with van der Waals surface area (Å²) < 4.78 is 0. The van der Waals surface area contributed by atoms with E-state index in [0.29, 0.717) is 0 Å². The fourth-order valence-electron chi connectivity index (χ4n) is 1.02. The average Bonchev–Trinajstić information content (AvgIpc) is 2.15. The summed E-state index contributed by atoms with van der Waals surface area (Å²) in [6.45, 7) is 1.85. The molecule has 2 bridgehead atoms. The molecule has 0 aromatic carbocycles. The third-order valence-corrected chi connectivity index (χ3v) is 1.51. The second kappa shape index (κ2) is 1.05. The molecule has 3 rings (SSSR count). The minimum Gasteiger partial charge on any atom is -0.340 e. The molecule has 0 spiro atoms. The van der Waals surface area contributed by atoms with Crippen molar-refractivity contribution in [2.75, 3.05) is 13.3 Å². The monoisotopic (exact) mass is 110 g/mol. The first kappa shape index (κ1) is 3.95. The number of allylic oxidation sites excluding steroid dienone is 1. The second-order valence-electron chi connectivity index (χ2n) is 2.08. The van der Waals surface area contributed by atoms with Crippen molar-refractivity contribution in [3.8, 4) is 0 Å². The van der Waals surface area contributed by atoms with Gasteiger partial charge in [0.1, 0.15) is 0 Å². The Morgan fingerprint density at radius 1 is 1.62 bits per heavy atom. The number of nitrogens with zero attached hydrogens (tertiary/aromatic N) is 2. The third-order valence-electron chi connectivity index (χ3n) is 1.51. The van der Waals surface area contributed by atoms with Crippen molar-refractivity contribution in [3.63, 3.8) is 0 Å². The third kappa shape index (κ3) is 0.278. The van der Waals surface area contributed by atoms with Gasteiger partial charge in [0.25, 0.3) is 0 Å². The molecule has 3 aliphatic heterocycles. The Kier molecular flexibility index (Phi) is 0.516. The smallest absolute Gasteiger partial charge is 0.167 e. The zero-order valence-electron chi connectivity index (χ0n) is 4.37. The van der Waals surface area contributed by atoms with Crippen molar-refractivity contribution in [3.05, 3.63) is 11.9 Å². The molecule has 3 aliphatic rings. The van der Waals surface area contributed by atoms with Crippen molar-refractivity contribution < 1.29 is 4.79 Å². The van der Waals surface area contributed by atoms with E-state index >= 15 is 0 Å². The summed E-state index contributed by atoms with van der Waals surface area (Å²) in [5, 5.41) is 0. The van der Waals surface area contributed by atoms with E-state index in [4.69, 9.17) is 0 Å². The summed E-state index contributed by atoms with van der Waals surface area (Å²) in [7, 11) is 0. The highest BCUT2D eigenvalue weighted by atomic mass is 16.1. The standard InChI is InChI=1S/C5H6N2O/c8-2-5-1-6-3-7(5)4-6/h1-2H,3-4H2. The molecule has 8 heavy (non-hydrogen) atoms. The summed E-state index contributed by atoms with van der Waals surface area (Å²) in [5.41, 5.74) is 0.824. The van der Waals surface area contributed by atoms with Crippen LogP contribution in [0, 0.1) is 0 Å². The van der Waals surface area contributed by atoms with Crippen LogP contribution in [0.2, 0.25) is 0 Å². The van der Waals surface area contributed by atoms with Crippen molar-refractivity contribution in [1.29, 1.82) is 0 Å². The highest BCUT2D eigenvalue weighted by molar-refractivity contribution is 5.73. The molecule has 0 saturated carbocycles. The van der Waals surface area contributed by atoms with Crippen LogP contribution in [0.15, 0.2) is 11.9 Å². The van der Waals surface area contributed by atoms with E-state index in [2.05, 4.69) is 4.90 Å². The first-order valence-electron chi connectivity index (χ1n) is 2.56. The molecule has 3 heteroatoms. The van der Waals surface area contributed by atoms with Crippen LogP contribution in [0.4, 0.5) is 0 Å². The van der Waals surface area contributed by atoms with E-state index in [9.17, 15) is 4.79 Å². The number of hydrogen-bond acceptors (Lipinski definition) is 3. The molecular formula is C5H6N2O. The SMILES string of the molecule is O=CC1=CN2CN1C2. The zero-order chi connectivity index (χ0) is 5.56. The summed E-state index contributed by atoms with van der Waals surface area (Å²) in [6.07, 6.45) is 2.78. The zero-order valence-corrected chi connectivity index (χ0v) is 4.37. The predicted octanol–water partition coefficient (Wildman–Crippen LogP) is -0.427. The van der Waals surface area contributed by atoms with E-state index < -0.39 is 0 Å². The maximum atomic E-state index is 10.1. The van der Waals surface area contributed by atoms with Gasteiger partial charge in [-0.25, -0.2) is 0 Å². The lowest BCUT2D eigenvalue weighted by Crippen LogP contribution is -2.44. The summed E-state index contributed by atoms with van der Waals surface area (Å²) in [4.78, 5) is 14.2. The lowest BCUT2D eigenvalue weighted by Gasteiger charge is -2.33. The van der Waals surface area contributed by atoms with E-state index in [0.717, 1.165) is 25.3 Å². The van der Waals surface area contributed by atoms with Crippen LogP contribution in [-0.2, 0) is 4.79 Å². The second-order valence-corrected chi connectivity index (χ2v) is 2.08. The van der Waals surface area contributed by atoms with Gasteiger partial charge in [-0.05, 0) is 0 Å². The predicted molar refractivity (Wildman–Crippen MR) is 27.6 cm³/mol. The van der Waals surface area contributed by atoms with Gasteiger partial charge in [-0.15, -0.1) is 0 Å². The first-order valence-corrected chi connectivity index (χ1v) is 2.56. The largest absolute Gasteiger partial charge is 0.340 e. The van der Waals surface area contributed by atoms with Gasteiger partial charge in [-0.3, -0.25) is 4.79 Å². The molecule has 0 radical (unpaired) electrons. The van der Waals surface area contributed by atoms with E-state index in [1.54, 1.807) is 0 Å². The molecule has 0 unspecified atom stereocenters. The molecular weight excluding hydrogens is 104 g/mol. The summed E-state index contributed by atoms with van der Waals surface area (Å²) in [6, 6.07) is 0. The lowest BCUT2D eigenvalue weighted by molar-refractivity contribution is -0.106. The van der Waals surface area contributed by atoms with Crippen LogP contribution in [0.25, 0.3) is 0 Å². The highest BCUT2D eigenvalue weighted by Crippen LogP contribution is 2.23. The van der Waals surface area contributed by atoms with Gasteiger partial charge in [-0.2, -0.15) is 0 Å². The number of hydrogen-bond donors (Lipinski definition) is 0. The van der Waals surface area contributed by atoms with Crippen LogP contribution in [0.1, 0.15) is 0 Å². The number of rotatable bonds is 1. The quantitative estimate of drug-likeness (QED) is 0.428. The van der Waals surface area contributed by atoms with Gasteiger partial charge in [0.05, 0.1) is 19.0 Å². The summed E-state index contributed by atoms with van der Waals surface area (Å²) >= 11 is 0. The minimum atomic E-state index is 0.824. The molecule has 0 amide bonds. The van der Waals surface area contributed by atoms with Crippen molar-refractivity contribution in [1.82, 2.24) is 9.80 Å². The molecule has 0 atom stereocenters. The lowest BCUT2D eigenvalue weighted by atomic mass is 10.5. The molecule has 0 aromatic rings. The van der Waals surface area contributed by atoms with Gasteiger partial charge >= 0.3 is 0 Å². The molecule has 1 saturated heterocycles. The normalized spacial score (nSPS) is 22.8. The first-order chi connectivity index (χ1) is 3.90. The van der Waals surface area contributed by atoms with Crippen molar-refractivity contribution in [2.24, 2.45) is 0 Å². The van der Waals surface area contributed by atoms with E-state index in [1.807, 2.05) is 11.1 Å². The van der Waals surface area contributed by atoms with E-state index in [1.165, 1.54) is 0 Å². The molecule has 0 aliphatic carbocycles. The maximum Gasteiger partial charge on any atom is 0.167 e. The molecule has 3 nitrogen and oxygen atoms in total. The maximum absolute atomic E-state index is 10.1. The van der Waals surface area contributed by atoms with Crippen molar-refractivity contribution in [2.45, 2.75) is 0 Å². The number of carbonyl (C=O) groups is 1.